The Labute approximate surface area is 227 Å². The molecule has 1 aliphatic carbocycles. The molecular weight excluding hydrogens is 496 g/mol. The number of ether oxygens (including phenoxy) is 1. The second kappa shape index (κ2) is 12.1. The van der Waals surface area contributed by atoms with Gasteiger partial charge in [-0.05, 0) is 81.7 Å². The van der Waals surface area contributed by atoms with E-state index < -0.39 is 23.3 Å². The fourth-order valence-corrected chi connectivity index (χ4v) is 4.69. The van der Waals surface area contributed by atoms with Gasteiger partial charge in [-0.25, -0.2) is 14.4 Å². The molecule has 1 aliphatic rings. The maximum absolute atomic E-state index is 12.7. The van der Waals surface area contributed by atoms with E-state index in [2.05, 4.69) is 32.9 Å². The summed E-state index contributed by atoms with van der Waals surface area (Å²) in [6, 6.07) is 3.64. The zero-order chi connectivity index (χ0) is 28.9. The zero-order valence-corrected chi connectivity index (χ0v) is 23.2. The molecule has 0 atom stereocenters. The van der Waals surface area contributed by atoms with Gasteiger partial charge in [-0.3, -0.25) is 4.79 Å². The fraction of sp³-hybridized carbons (Fsp3) is 0.312. The lowest BCUT2D eigenvalue weighted by Gasteiger charge is -2.32. The molecule has 2 aromatic rings. The van der Waals surface area contributed by atoms with E-state index in [1.165, 1.54) is 55.2 Å². The Bertz CT molecular complexity index is 1540. The summed E-state index contributed by atoms with van der Waals surface area (Å²) in [4.78, 5) is 48.3. The van der Waals surface area contributed by atoms with Gasteiger partial charge in [0.25, 0.3) is 0 Å². The summed E-state index contributed by atoms with van der Waals surface area (Å²) >= 11 is 0. The van der Waals surface area contributed by atoms with Gasteiger partial charge in [0.1, 0.15) is 16.7 Å². The topological polar surface area (TPSA) is 111 Å². The minimum absolute atomic E-state index is 0.00497. The maximum Gasteiger partial charge on any atom is 0.347 e. The predicted octanol–water partition coefficient (Wildman–Crippen LogP) is 7.13. The number of benzene rings is 1. The molecule has 0 spiro atoms. The van der Waals surface area contributed by atoms with Crippen LogP contribution in [0.1, 0.15) is 81.5 Å². The van der Waals surface area contributed by atoms with E-state index in [1.807, 2.05) is 19.1 Å². The standard InChI is InChI=1S/C32H34O7/c1-19(12-14-26-21(3)11-8-16-32(26,5)6)9-7-10-20(2)17-28(34)39-29-23(30(35)36)13-15-27-25(29)18-24(22(4)33)31(37)38-27/h7,9-10,12-15,17-18H,8,11,16H2,1-6H3,(H,35,36)/b10-7+,14-12+,19-9+,20-17+. The predicted molar refractivity (Wildman–Crippen MR) is 151 cm³/mol. The number of carbonyl (C=O) groups is 3. The quantitative estimate of drug-likeness (QED) is 0.0965. The van der Waals surface area contributed by atoms with E-state index in [0.29, 0.717) is 5.57 Å². The van der Waals surface area contributed by atoms with Crippen LogP contribution in [0.4, 0.5) is 0 Å². The molecule has 7 heteroatoms. The van der Waals surface area contributed by atoms with Gasteiger partial charge < -0.3 is 14.3 Å². The molecule has 1 aromatic heterocycles. The molecule has 204 valence electrons. The number of hydrogen-bond acceptors (Lipinski definition) is 6. The molecule has 1 heterocycles. The van der Waals surface area contributed by atoms with E-state index >= 15 is 0 Å². The molecule has 0 fully saturated rings. The Morgan fingerprint density at radius 1 is 1.05 bits per heavy atom. The Hall–Kier alpha value is -4.26. The molecule has 39 heavy (non-hydrogen) atoms. The molecule has 1 aromatic carbocycles. The van der Waals surface area contributed by atoms with E-state index in [-0.39, 0.29) is 33.3 Å². The molecule has 0 aliphatic heterocycles. The Morgan fingerprint density at radius 2 is 1.77 bits per heavy atom. The second-order valence-corrected chi connectivity index (χ2v) is 10.5. The molecule has 7 nitrogen and oxygen atoms in total. The molecular formula is C32H34O7. The lowest BCUT2D eigenvalue weighted by molar-refractivity contribution is -0.128. The van der Waals surface area contributed by atoms with Crippen LogP contribution in [0.5, 0.6) is 5.75 Å². The van der Waals surface area contributed by atoms with Gasteiger partial charge in [-0.2, -0.15) is 0 Å². The Morgan fingerprint density at radius 3 is 2.41 bits per heavy atom. The van der Waals surface area contributed by atoms with Crippen molar-refractivity contribution in [3.8, 4) is 5.75 Å². The van der Waals surface area contributed by atoms with Gasteiger partial charge in [-0.15, -0.1) is 0 Å². The maximum atomic E-state index is 12.7. The van der Waals surface area contributed by atoms with Crippen molar-refractivity contribution >= 4 is 28.7 Å². The number of allylic oxidation sites excluding steroid dienone is 9. The number of carboxylic acid groups (broad SMARTS) is 1. The van der Waals surface area contributed by atoms with Crippen LogP contribution >= 0.6 is 0 Å². The first kappa shape index (κ1) is 29.3. The van der Waals surface area contributed by atoms with Gasteiger partial charge >= 0.3 is 17.6 Å². The third-order valence-electron chi connectivity index (χ3n) is 6.80. The SMILES string of the molecule is CC(=O)c1cc2c(OC(=O)/C=C(C)/C=C/C=C(C)/C=C/C3=C(C)CCCC3(C)C)c(C(=O)O)ccc2oc1=O. The number of carbonyl (C=O) groups excluding carboxylic acids is 2. The number of rotatable bonds is 8. The summed E-state index contributed by atoms with van der Waals surface area (Å²) in [5, 5.41) is 9.63. The number of aromatic carboxylic acids is 1. The number of Topliss-reactive ketones (excluding diaryl/α,β-unsaturated/α-hetero) is 1. The Balaban J connectivity index is 1.81. The van der Waals surface area contributed by atoms with Crippen LogP contribution in [0.2, 0.25) is 0 Å². The number of hydrogen-bond donors (Lipinski definition) is 1. The molecule has 3 rings (SSSR count). The van der Waals surface area contributed by atoms with E-state index in [4.69, 9.17) is 9.15 Å². The van der Waals surface area contributed by atoms with Crippen LogP contribution in [0.3, 0.4) is 0 Å². The van der Waals surface area contributed by atoms with Crippen LogP contribution in [0.25, 0.3) is 11.0 Å². The fourth-order valence-electron chi connectivity index (χ4n) is 4.69. The number of fused-ring (bicyclic) bond motifs is 1. The highest BCUT2D eigenvalue weighted by atomic mass is 16.5. The molecule has 0 unspecified atom stereocenters. The van der Waals surface area contributed by atoms with Crippen molar-refractivity contribution in [3.05, 3.63) is 98.5 Å². The summed E-state index contributed by atoms with van der Waals surface area (Å²) < 4.78 is 10.5. The van der Waals surface area contributed by atoms with Crippen molar-refractivity contribution in [2.24, 2.45) is 5.41 Å². The Kier molecular flexibility index (Phi) is 9.07. The van der Waals surface area contributed by atoms with Gasteiger partial charge in [0, 0.05) is 6.08 Å². The summed E-state index contributed by atoms with van der Waals surface area (Å²) in [6.45, 7) is 11.6. The zero-order valence-electron chi connectivity index (χ0n) is 23.2. The van der Waals surface area contributed by atoms with Crippen molar-refractivity contribution in [3.63, 3.8) is 0 Å². The highest BCUT2D eigenvalue weighted by molar-refractivity contribution is 6.03. The first-order valence-corrected chi connectivity index (χ1v) is 12.8. The van der Waals surface area contributed by atoms with Crippen LogP contribution < -0.4 is 10.4 Å². The van der Waals surface area contributed by atoms with Crippen LogP contribution in [0.15, 0.2) is 86.2 Å². The average molecular weight is 531 g/mol. The van der Waals surface area contributed by atoms with E-state index in [1.54, 1.807) is 13.0 Å². The number of ketones is 1. The normalized spacial score (nSPS) is 16.4. The molecule has 0 radical (unpaired) electrons. The molecule has 0 saturated heterocycles. The molecule has 1 N–H and O–H groups in total. The first-order valence-electron chi connectivity index (χ1n) is 12.8. The molecule has 0 saturated carbocycles. The summed E-state index contributed by atoms with van der Waals surface area (Å²) in [6.07, 6.45) is 14.5. The third kappa shape index (κ3) is 7.19. The first-order chi connectivity index (χ1) is 18.3. The highest BCUT2D eigenvalue weighted by Crippen LogP contribution is 2.40. The van der Waals surface area contributed by atoms with E-state index in [0.717, 1.165) is 12.0 Å². The number of esters is 1. The van der Waals surface area contributed by atoms with E-state index in [9.17, 15) is 24.3 Å². The van der Waals surface area contributed by atoms with Crippen molar-refractivity contribution in [2.75, 3.05) is 0 Å². The minimum Gasteiger partial charge on any atom is -0.478 e. The van der Waals surface area contributed by atoms with Crippen LogP contribution in [0, 0.1) is 5.41 Å². The van der Waals surface area contributed by atoms with Gasteiger partial charge in [0.15, 0.2) is 11.5 Å². The summed E-state index contributed by atoms with van der Waals surface area (Å²) in [7, 11) is 0. The second-order valence-electron chi connectivity index (χ2n) is 10.5. The smallest absolute Gasteiger partial charge is 0.347 e. The minimum atomic E-state index is -1.34. The van der Waals surface area contributed by atoms with Crippen molar-refractivity contribution in [1.29, 1.82) is 0 Å². The molecule has 0 bridgehead atoms. The third-order valence-corrected chi connectivity index (χ3v) is 6.80. The van der Waals surface area contributed by atoms with Crippen molar-refractivity contribution in [2.45, 2.75) is 60.8 Å². The largest absolute Gasteiger partial charge is 0.478 e. The van der Waals surface area contributed by atoms with Crippen LogP contribution in [-0.4, -0.2) is 22.8 Å². The lowest BCUT2D eigenvalue weighted by atomic mass is 9.72. The van der Waals surface area contributed by atoms with Gasteiger partial charge in [0.2, 0.25) is 0 Å². The summed E-state index contributed by atoms with van der Waals surface area (Å²) in [5.74, 6) is -3.02. The average Bonchev–Trinajstić information content (AvgIpc) is 2.82. The lowest BCUT2D eigenvalue weighted by Crippen LogP contribution is -2.19. The monoisotopic (exact) mass is 530 g/mol. The number of carboxylic acids is 1. The van der Waals surface area contributed by atoms with Crippen LogP contribution in [-0.2, 0) is 4.79 Å². The van der Waals surface area contributed by atoms with Crippen molar-refractivity contribution in [1.82, 2.24) is 0 Å². The van der Waals surface area contributed by atoms with Gasteiger partial charge in [0.05, 0.1) is 5.39 Å². The van der Waals surface area contributed by atoms with Crippen molar-refractivity contribution < 1.29 is 28.6 Å². The summed E-state index contributed by atoms with van der Waals surface area (Å²) in [5.41, 5.74) is 3.16. The van der Waals surface area contributed by atoms with Gasteiger partial charge in [-0.1, -0.05) is 55.4 Å². The molecule has 0 amide bonds. The highest BCUT2D eigenvalue weighted by Gasteiger charge is 2.26.